The van der Waals surface area contributed by atoms with Crippen molar-refractivity contribution in [2.45, 2.75) is 25.0 Å². The van der Waals surface area contributed by atoms with E-state index in [1.54, 1.807) is 0 Å². The van der Waals surface area contributed by atoms with Gasteiger partial charge in [0.2, 0.25) is 0 Å². The fourth-order valence-electron chi connectivity index (χ4n) is 3.58. The van der Waals surface area contributed by atoms with Crippen LogP contribution in [0.2, 0.25) is 0 Å². The van der Waals surface area contributed by atoms with Crippen LogP contribution in [-0.2, 0) is 14.3 Å². The first-order valence-electron chi connectivity index (χ1n) is 8.75. The van der Waals surface area contributed by atoms with Crippen molar-refractivity contribution in [3.63, 3.8) is 0 Å². The highest BCUT2D eigenvalue weighted by molar-refractivity contribution is 7.10. The number of benzene rings is 1. The van der Waals surface area contributed by atoms with Crippen LogP contribution in [0.3, 0.4) is 0 Å². The molecule has 1 amide bonds. The number of halogens is 1. The molecule has 1 N–H and O–H groups in total. The predicted octanol–water partition coefficient (Wildman–Crippen LogP) is 3.49. The average molecular weight is 387 g/mol. The van der Waals surface area contributed by atoms with Crippen molar-refractivity contribution in [2.75, 3.05) is 13.2 Å². The van der Waals surface area contributed by atoms with Gasteiger partial charge in [0.05, 0.1) is 17.7 Å². The van der Waals surface area contributed by atoms with Gasteiger partial charge in [-0.2, -0.15) is 0 Å². The van der Waals surface area contributed by atoms with Crippen molar-refractivity contribution in [1.82, 2.24) is 4.90 Å². The summed E-state index contributed by atoms with van der Waals surface area (Å²) in [6, 6.07) is 8.20. The fourth-order valence-corrected chi connectivity index (χ4v) is 4.43. The van der Waals surface area contributed by atoms with E-state index in [4.69, 9.17) is 4.74 Å². The predicted molar refractivity (Wildman–Crippen MR) is 98.7 cm³/mol. The molecule has 27 heavy (non-hydrogen) atoms. The molecule has 2 aliphatic heterocycles. The van der Waals surface area contributed by atoms with Crippen molar-refractivity contribution in [3.8, 4) is 0 Å². The second-order valence-corrected chi connectivity index (χ2v) is 7.59. The zero-order valence-corrected chi connectivity index (χ0v) is 15.2. The van der Waals surface area contributed by atoms with Crippen LogP contribution in [0.15, 0.2) is 47.4 Å². The van der Waals surface area contributed by atoms with E-state index < -0.39 is 23.5 Å². The number of rotatable bonds is 4. The summed E-state index contributed by atoms with van der Waals surface area (Å²) in [5.41, 5.74) is 0.333. The average Bonchev–Trinajstić information content (AvgIpc) is 3.40. The molecule has 2 atom stereocenters. The highest BCUT2D eigenvalue weighted by Crippen LogP contribution is 2.41. The highest BCUT2D eigenvalue weighted by Gasteiger charge is 2.47. The number of hydrogen-bond donors (Lipinski definition) is 1. The van der Waals surface area contributed by atoms with E-state index in [9.17, 15) is 19.1 Å². The lowest BCUT2D eigenvalue weighted by Crippen LogP contribution is -2.36. The van der Waals surface area contributed by atoms with E-state index in [1.807, 2.05) is 17.5 Å². The van der Waals surface area contributed by atoms with Crippen molar-refractivity contribution < 1.29 is 23.8 Å². The molecule has 0 saturated carbocycles. The van der Waals surface area contributed by atoms with Crippen LogP contribution in [0.5, 0.6) is 0 Å². The van der Waals surface area contributed by atoms with Gasteiger partial charge in [-0.1, -0.05) is 6.07 Å². The monoisotopic (exact) mass is 387 g/mol. The Labute approximate surface area is 159 Å². The molecule has 0 radical (unpaired) electrons. The second kappa shape index (κ2) is 7.25. The van der Waals surface area contributed by atoms with Crippen LogP contribution in [0, 0.1) is 5.82 Å². The summed E-state index contributed by atoms with van der Waals surface area (Å²) in [5.74, 6) is -2.11. The Kier molecular flexibility index (Phi) is 4.80. The van der Waals surface area contributed by atoms with Gasteiger partial charge in [0.15, 0.2) is 0 Å². The minimum absolute atomic E-state index is 0.0343. The third-order valence-corrected chi connectivity index (χ3v) is 5.82. The molecule has 4 rings (SSSR count). The maximum Gasteiger partial charge on any atom is 0.295 e. The largest absolute Gasteiger partial charge is 0.507 e. The number of ether oxygens (including phenoxy) is 1. The number of nitrogens with zero attached hydrogens (tertiary/aromatic N) is 1. The summed E-state index contributed by atoms with van der Waals surface area (Å²) in [6.07, 6.45) is 1.64. The number of aliphatic hydroxyl groups excluding tert-OH is 1. The third-order valence-electron chi connectivity index (χ3n) is 4.89. The maximum absolute atomic E-state index is 13.2. The molecule has 7 heteroatoms. The lowest BCUT2D eigenvalue weighted by Gasteiger charge is -2.26. The van der Waals surface area contributed by atoms with Crippen LogP contribution in [-0.4, -0.2) is 41.0 Å². The Morgan fingerprint density at radius 3 is 2.67 bits per heavy atom. The minimum Gasteiger partial charge on any atom is -0.507 e. The van der Waals surface area contributed by atoms with Gasteiger partial charge < -0.3 is 14.7 Å². The number of Topliss-reactive ketones (excluding diaryl/α,β-unsaturated/α-hetero) is 1. The van der Waals surface area contributed by atoms with E-state index in [-0.39, 0.29) is 17.4 Å². The Balaban J connectivity index is 1.78. The van der Waals surface area contributed by atoms with Crippen LogP contribution in [0.25, 0.3) is 5.76 Å². The van der Waals surface area contributed by atoms with Crippen LogP contribution in [0.4, 0.5) is 4.39 Å². The van der Waals surface area contributed by atoms with Gasteiger partial charge in [0.1, 0.15) is 11.6 Å². The standard InChI is InChI=1S/C20H18FNO4S/c21-13-7-5-12(6-8-13)18(23)16-17(15-4-2-10-27-15)22(20(25)19(16)24)11-14-3-1-9-26-14/h2,4-8,10,14,17,23H,1,3,9,11H2/b18-16+. The van der Waals surface area contributed by atoms with Crippen molar-refractivity contribution in [2.24, 2.45) is 0 Å². The molecule has 2 aliphatic rings. The Morgan fingerprint density at radius 1 is 1.26 bits per heavy atom. The van der Waals surface area contributed by atoms with E-state index >= 15 is 0 Å². The number of carbonyl (C=O) groups is 2. The molecule has 1 aromatic carbocycles. The van der Waals surface area contributed by atoms with Gasteiger partial charge >= 0.3 is 0 Å². The van der Waals surface area contributed by atoms with Crippen molar-refractivity contribution >= 4 is 28.8 Å². The number of hydrogen-bond acceptors (Lipinski definition) is 5. The number of amides is 1. The molecule has 2 fully saturated rings. The van der Waals surface area contributed by atoms with Crippen LogP contribution < -0.4 is 0 Å². The molecule has 2 unspecified atom stereocenters. The van der Waals surface area contributed by atoms with Gasteiger partial charge in [0.25, 0.3) is 11.7 Å². The van der Waals surface area contributed by atoms with Crippen molar-refractivity contribution in [1.29, 1.82) is 0 Å². The number of aliphatic hydroxyl groups is 1. The second-order valence-electron chi connectivity index (χ2n) is 6.61. The molecule has 1 aromatic heterocycles. The molecule has 0 aliphatic carbocycles. The minimum atomic E-state index is -0.728. The topological polar surface area (TPSA) is 66.8 Å². The SMILES string of the molecule is O=C1C(=O)N(CC2CCCO2)C(c2cccs2)/C1=C(\O)c1ccc(F)cc1. The lowest BCUT2D eigenvalue weighted by atomic mass is 9.99. The Bertz CT molecular complexity index is 885. The van der Waals surface area contributed by atoms with Crippen LogP contribution in [0.1, 0.15) is 29.3 Å². The molecule has 3 heterocycles. The molecule has 2 aromatic rings. The van der Waals surface area contributed by atoms with Crippen LogP contribution >= 0.6 is 11.3 Å². The van der Waals surface area contributed by atoms with E-state index in [2.05, 4.69) is 0 Å². The number of thiophene rings is 1. The van der Waals surface area contributed by atoms with E-state index in [0.717, 1.165) is 17.7 Å². The molecular weight excluding hydrogens is 369 g/mol. The Morgan fingerprint density at radius 2 is 2.04 bits per heavy atom. The summed E-state index contributed by atoms with van der Waals surface area (Å²) in [6.45, 7) is 0.946. The summed E-state index contributed by atoms with van der Waals surface area (Å²) in [4.78, 5) is 27.7. The van der Waals surface area contributed by atoms with Gasteiger partial charge in [-0.15, -0.1) is 11.3 Å². The van der Waals surface area contributed by atoms with Gasteiger partial charge in [-0.25, -0.2) is 4.39 Å². The number of ketones is 1. The summed E-state index contributed by atoms with van der Waals surface area (Å²) < 4.78 is 18.9. The van der Waals surface area contributed by atoms with Gasteiger partial charge in [-0.05, 0) is 48.6 Å². The first-order chi connectivity index (χ1) is 13.1. The summed E-state index contributed by atoms with van der Waals surface area (Å²) in [5, 5.41) is 12.6. The molecule has 140 valence electrons. The smallest absolute Gasteiger partial charge is 0.295 e. The Hall–Kier alpha value is -2.51. The van der Waals surface area contributed by atoms with E-state index in [0.29, 0.717) is 18.7 Å². The molecule has 2 saturated heterocycles. The van der Waals surface area contributed by atoms with E-state index in [1.165, 1.54) is 40.5 Å². The number of likely N-dealkylation sites (tertiary alicyclic amines) is 1. The first kappa shape index (κ1) is 17.9. The highest BCUT2D eigenvalue weighted by atomic mass is 32.1. The molecule has 5 nitrogen and oxygen atoms in total. The normalized spacial score (nSPS) is 24.7. The summed E-state index contributed by atoms with van der Waals surface area (Å²) >= 11 is 1.41. The van der Waals surface area contributed by atoms with Gasteiger partial charge in [0, 0.05) is 23.6 Å². The summed E-state index contributed by atoms with van der Waals surface area (Å²) in [7, 11) is 0. The zero-order valence-electron chi connectivity index (χ0n) is 14.4. The van der Waals surface area contributed by atoms with Crippen molar-refractivity contribution in [3.05, 3.63) is 63.6 Å². The lowest BCUT2D eigenvalue weighted by molar-refractivity contribution is -0.140. The molecular formula is C20H18FNO4S. The number of carbonyl (C=O) groups excluding carboxylic acids is 2. The van der Waals surface area contributed by atoms with Gasteiger partial charge in [-0.3, -0.25) is 9.59 Å². The first-order valence-corrected chi connectivity index (χ1v) is 9.63. The fraction of sp³-hybridized carbons (Fsp3) is 0.300. The third kappa shape index (κ3) is 3.28. The molecule has 0 spiro atoms. The maximum atomic E-state index is 13.2. The molecule has 0 bridgehead atoms. The zero-order chi connectivity index (χ0) is 19.0. The quantitative estimate of drug-likeness (QED) is 0.495.